The van der Waals surface area contributed by atoms with Gasteiger partial charge in [-0.3, -0.25) is 9.59 Å². The molecule has 1 aromatic rings. The molecule has 0 bridgehead atoms. The Bertz CT molecular complexity index is 1150. The molecule has 0 radical (unpaired) electrons. The van der Waals surface area contributed by atoms with E-state index in [2.05, 4.69) is 10.6 Å². The fraction of sp³-hybridized carbons (Fsp3) is 0.688. The Morgan fingerprint density at radius 1 is 1.00 bits per heavy atom. The van der Waals surface area contributed by atoms with Crippen molar-refractivity contribution < 1.29 is 33.4 Å². The summed E-state index contributed by atoms with van der Waals surface area (Å²) < 4.78 is 19.7. The number of benzene rings is 1. The van der Waals surface area contributed by atoms with E-state index in [9.17, 15) is 23.6 Å². The first kappa shape index (κ1) is 31.8. The Labute approximate surface area is 247 Å². The van der Waals surface area contributed by atoms with Crippen molar-refractivity contribution in [3.8, 4) is 0 Å². The Kier molecular flexibility index (Phi) is 10.1. The van der Waals surface area contributed by atoms with Crippen LogP contribution >= 0.6 is 0 Å². The third kappa shape index (κ3) is 7.81. The third-order valence-electron chi connectivity index (χ3n) is 9.29. The van der Waals surface area contributed by atoms with E-state index in [1.54, 1.807) is 4.90 Å². The SMILES string of the molecule is CC(NC(=O)OC(C)(C)C)[C@H]1CC[C@H](C(=O)N2CC[C@@H](C3CCCCC3)[C@H]2C(=O)Nc2ccc(C(=O)O)c(F)c2)CC1. The topological polar surface area (TPSA) is 125 Å². The second-order valence-electron chi connectivity index (χ2n) is 13.4. The number of carboxylic acids is 1. The van der Waals surface area contributed by atoms with Gasteiger partial charge in [0.2, 0.25) is 11.8 Å². The molecular formula is C32H46FN3O6. The highest BCUT2D eigenvalue weighted by atomic mass is 19.1. The number of nitrogens with one attached hydrogen (secondary N) is 2. The van der Waals surface area contributed by atoms with Crippen LogP contribution in [0.15, 0.2) is 18.2 Å². The number of hydrogen-bond donors (Lipinski definition) is 3. The fourth-order valence-corrected chi connectivity index (χ4v) is 7.15. The van der Waals surface area contributed by atoms with Crippen LogP contribution in [0, 0.1) is 29.5 Å². The van der Waals surface area contributed by atoms with Crippen LogP contribution < -0.4 is 10.6 Å². The minimum atomic E-state index is -1.37. The van der Waals surface area contributed by atoms with Crippen molar-refractivity contribution in [1.29, 1.82) is 0 Å². The van der Waals surface area contributed by atoms with Gasteiger partial charge in [-0.05, 0) is 95.8 Å². The normalized spacial score (nSPS) is 25.9. The molecule has 4 rings (SSSR count). The van der Waals surface area contributed by atoms with Gasteiger partial charge >= 0.3 is 12.1 Å². The Balaban J connectivity index is 1.43. The van der Waals surface area contributed by atoms with Crippen LogP contribution in [-0.4, -0.2) is 58.1 Å². The molecule has 1 saturated heterocycles. The number of aromatic carboxylic acids is 1. The Morgan fingerprint density at radius 2 is 1.67 bits per heavy atom. The number of amides is 3. The van der Waals surface area contributed by atoms with Crippen LogP contribution in [0.25, 0.3) is 0 Å². The van der Waals surface area contributed by atoms with Gasteiger partial charge in [-0.2, -0.15) is 0 Å². The Morgan fingerprint density at radius 3 is 2.26 bits per heavy atom. The minimum Gasteiger partial charge on any atom is -0.478 e. The number of carboxylic acid groups (broad SMARTS) is 1. The summed E-state index contributed by atoms with van der Waals surface area (Å²) in [5, 5.41) is 14.9. The molecule has 3 atom stereocenters. The molecule has 1 aromatic carbocycles. The largest absolute Gasteiger partial charge is 0.478 e. The zero-order valence-corrected chi connectivity index (χ0v) is 25.3. The molecule has 2 saturated carbocycles. The first-order valence-electron chi connectivity index (χ1n) is 15.5. The summed E-state index contributed by atoms with van der Waals surface area (Å²) in [4.78, 5) is 52.9. The second kappa shape index (κ2) is 13.4. The summed E-state index contributed by atoms with van der Waals surface area (Å²) in [5.74, 6) is -2.22. The van der Waals surface area contributed by atoms with Crippen LogP contribution in [0.4, 0.5) is 14.9 Å². The summed E-state index contributed by atoms with van der Waals surface area (Å²) in [6.45, 7) is 7.96. The average Bonchev–Trinajstić information content (AvgIpc) is 3.37. The number of carbonyl (C=O) groups is 4. The van der Waals surface area contributed by atoms with Crippen molar-refractivity contribution in [1.82, 2.24) is 10.2 Å². The number of anilines is 1. The molecule has 0 spiro atoms. The summed E-state index contributed by atoms with van der Waals surface area (Å²) in [7, 11) is 0. The van der Waals surface area contributed by atoms with Gasteiger partial charge in [0.05, 0.1) is 5.56 Å². The molecule has 3 N–H and O–H groups in total. The maximum absolute atomic E-state index is 14.3. The van der Waals surface area contributed by atoms with Gasteiger partial charge in [-0.15, -0.1) is 0 Å². The lowest BCUT2D eigenvalue weighted by Crippen LogP contribution is -2.50. The summed E-state index contributed by atoms with van der Waals surface area (Å²) in [6.07, 6.45) is 8.75. The maximum atomic E-state index is 14.3. The first-order chi connectivity index (χ1) is 19.8. The number of halogens is 1. The molecule has 3 aliphatic rings. The molecule has 1 heterocycles. The quantitative estimate of drug-likeness (QED) is 0.361. The van der Waals surface area contributed by atoms with Gasteiger partial charge in [0.25, 0.3) is 0 Å². The molecule has 3 fully saturated rings. The molecule has 0 aromatic heterocycles. The van der Waals surface area contributed by atoms with Crippen molar-refractivity contribution in [3.63, 3.8) is 0 Å². The first-order valence-corrected chi connectivity index (χ1v) is 15.5. The predicted octanol–water partition coefficient (Wildman–Crippen LogP) is 5.98. The molecule has 42 heavy (non-hydrogen) atoms. The van der Waals surface area contributed by atoms with Gasteiger partial charge in [0.1, 0.15) is 17.5 Å². The zero-order valence-electron chi connectivity index (χ0n) is 25.3. The monoisotopic (exact) mass is 587 g/mol. The molecular weight excluding hydrogens is 541 g/mol. The Hall–Kier alpha value is -3.17. The van der Waals surface area contributed by atoms with E-state index in [0.717, 1.165) is 57.1 Å². The summed E-state index contributed by atoms with van der Waals surface area (Å²) in [5.41, 5.74) is -0.856. The fourth-order valence-electron chi connectivity index (χ4n) is 7.15. The molecule has 232 valence electrons. The maximum Gasteiger partial charge on any atom is 0.407 e. The van der Waals surface area contributed by atoms with Crippen molar-refractivity contribution in [2.24, 2.45) is 23.7 Å². The van der Waals surface area contributed by atoms with E-state index in [1.165, 1.54) is 12.5 Å². The average molecular weight is 588 g/mol. The third-order valence-corrected chi connectivity index (χ3v) is 9.29. The molecule has 1 aliphatic heterocycles. The predicted molar refractivity (Wildman–Crippen MR) is 156 cm³/mol. The van der Waals surface area contributed by atoms with Crippen molar-refractivity contribution >= 4 is 29.6 Å². The zero-order chi connectivity index (χ0) is 30.6. The van der Waals surface area contributed by atoms with E-state index in [4.69, 9.17) is 9.84 Å². The minimum absolute atomic E-state index is 0.00734. The summed E-state index contributed by atoms with van der Waals surface area (Å²) >= 11 is 0. The number of hydrogen-bond acceptors (Lipinski definition) is 5. The van der Waals surface area contributed by atoms with Gasteiger partial charge in [-0.1, -0.05) is 32.1 Å². The number of ether oxygens (including phenoxy) is 1. The van der Waals surface area contributed by atoms with Crippen LogP contribution in [0.5, 0.6) is 0 Å². The van der Waals surface area contributed by atoms with Gasteiger partial charge < -0.3 is 25.4 Å². The number of nitrogens with zero attached hydrogens (tertiary/aromatic N) is 1. The van der Waals surface area contributed by atoms with E-state index in [0.29, 0.717) is 25.3 Å². The number of carbonyl (C=O) groups excluding carboxylic acids is 3. The molecule has 1 unspecified atom stereocenters. The second-order valence-corrected chi connectivity index (χ2v) is 13.4. The van der Waals surface area contributed by atoms with E-state index in [1.807, 2.05) is 27.7 Å². The van der Waals surface area contributed by atoms with E-state index in [-0.39, 0.29) is 41.3 Å². The van der Waals surface area contributed by atoms with Crippen LogP contribution in [0.1, 0.15) is 102 Å². The van der Waals surface area contributed by atoms with Crippen molar-refractivity contribution in [2.45, 2.75) is 110 Å². The van der Waals surface area contributed by atoms with Gasteiger partial charge in [0, 0.05) is 24.2 Å². The standard InChI is InChI=1S/C32H46FN3O6/c1-19(34-31(41)42-32(2,3)4)20-10-12-22(13-11-20)29(38)36-17-16-24(21-8-6-5-7-9-21)27(36)28(37)35-23-14-15-25(30(39)40)26(33)18-23/h14-15,18-22,24,27H,5-13,16-17H2,1-4H3,(H,34,41)(H,35,37)(H,39,40)/t19?,20-,22-,24-,27-/m0/s1. The lowest BCUT2D eigenvalue weighted by atomic mass is 9.76. The number of alkyl carbamates (subject to hydrolysis) is 1. The highest BCUT2D eigenvalue weighted by Crippen LogP contribution is 2.41. The van der Waals surface area contributed by atoms with E-state index >= 15 is 0 Å². The molecule has 3 amide bonds. The lowest BCUT2D eigenvalue weighted by molar-refractivity contribution is -0.142. The number of rotatable bonds is 7. The van der Waals surface area contributed by atoms with Crippen molar-refractivity contribution in [2.75, 3.05) is 11.9 Å². The van der Waals surface area contributed by atoms with Crippen LogP contribution in [0.2, 0.25) is 0 Å². The smallest absolute Gasteiger partial charge is 0.407 e. The van der Waals surface area contributed by atoms with Crippen LogP contribution in [0.3, 0.4) is 0 Å². The molecule has 10 heteroatoms. The van der Waals surface area contributed by atoms with E-state index < -0.39 is 35.1 Å². The molecule has 2 aliphatic carbocycles. The van der Waals surface area contributed by atoms with Crippen LogP contribution in [-0.2, 0) is 14.3 Å². The lowest BCUT2D eigenvalue weighted by Gasteiger charge is -2.37. The highest BCUT2D eigenvalue weighted by molar-refractivity contribution is 5.98. The highest BCUT2D eigenvalue weighted by Gasteiger charge is 2.47. The summed E-state index contributed by atoms with van der Waals surface area (Å²) in [6, 6.07) is 2.82. The van der Waals surface area contributed by atoms with Gasteiger partial charge in [0.15, 0.2) is 0 Å². The number of likely N-dealkylation sites (tertiary alicyclic amines) is 1. The van der Waals surface area contributed by atoms with Crippen molar-refractivity contribution in [3.05, 3.63) is 29.6 Å². The molecule has 9 nitrogen and oxygen atoms in total. The van der Waals surface area contributed by atoms with Gasteiger partial charge in [-0.25, -0.2) is 14.0 Å².